The number of benzene rings is 2. The fourth-order valence-electron chi connectivity index (χ4n) is 4.46. The van der Waals surface area contributed by atoms with Gasteiger partial charge in [0, 0.05) is 17.1 Å². The highest BCUT2D eigenvalue weighted by Gasteiger charge is 2.23. The average Bonchev–Trinajstić information content (AvgIpc) is 2.72. The van der Waals surface area contributed by atoms with Gasteiger partial charge in [-0.15, -0.1) is 0 Å². The van der Waals surface area contributed by atoms with Gasteiger partial charge in [-0.25, -0.2) is 14.4 Å². The van der Waals surface area contributed by atoms with Crippen molar-refractivity contribution in [3.63, 3.8) is 0 Å². The molecular weight excluding hydrogens is 399 g/mol. The van der Waals surface area contributed by atoms with Crippen LogP contribution in [0.3, 0.4) is 0 Å². The minimum absolute atomic E-state index is 0.0863. The Kier molecular flexibility index (Phi) is 6.21. The molecule has 1 aromatic heterocycles. The lowest BCUT2D eigenvalue weighted by atomic mass is 9.81. The quantitative estimate of drug-likeness (QED) is 0.532. The molecule has 4 rings (SSSR count). The SMILES string of the molecule is Cc1cc2ncnc(Nc3ccc(F)c(Cl)c3)c2cc1CC1CCC(N(C)C)CC1. The van der Waals surface area contributed by atoms with Crippen molar-refractivity contribution in [1.82, 2.24) is 14.9 Å². The summed E-state index contributed by atoms with van der Waals surface area (Å²) >= 11 is 5.93. The molecule has 2 aromatic carbocycles. The molecule has 158 valence electrons. The van der Waals surface area contributed by atoms with Crippen molar-refractivity contribution in [2.24, 2.45) is 5.92 Å². The topological polar surface area (TPSA) is 41.1 Å². The van der Waals surface area contributed by atoms with Crippen molar-refractivity contribution >= 4 is 34.0 Å². The average molecular weight is 427 g/mol. The van der Waals surface area contributed by atoms with Crippen LogP contribution in [0.4, 0.5) is 15.9 Å². The van der Waals surface area contributed by atoms with E-state index in [0.29, 0.717) is 23.5 Å². The number of halogens is 2. The molecule has 6 heteroatoms. The Morgan fingerprint density at radius 1 is 1.10 bits per heavy atom. The first kappa shape index (κ1) is 21.0. The van der Waals surface area contributed by atoms with Crippen LogP contribution in [0, 0.1) is 18.7 Å². The van der Waals surface area contributed by atoms with E-state index >= 15 is 0 Å². The van der Waals surface area contributed by atoms with Crippen LogP contribution in [0.1, 0.15) is 36.8 Å². The Bertz CT molecular complexity index is 1040. The van der Waals surface area contributed by atoms with Gasteiger partial charge in [-0.1, -0.05) is 11.6 Å². The second kappa shape index (κ2) is 8.86. The summed E-state index contributed by atoms with van der Waals surface area (Å²) in [6, 6.07) is 9.66. The maximum absolute atomic E-state index is 13.5. The Balaban J connectivity index is 1.58. The highest BCUT2D eigenvalue weighted by molar-refractivity contribution is 6.31. The predicted molar refractivity (Wildman–Crippen MR) is 122 cm³/mol. The normalized spacial score (nSPS) is 19.4. The smallest absolute Gasteiger partial charge is 0.141 e. The number of aromatic nitrogens is 2. The molecule has 0 saturated heterocycles. The molecule has 0 radical (unpaired) electrons. The third-order valence-corrected chi connectivity index (χ3v) is 6.62. The van der Waals surface area contributed by atoms with Crippen molar-refractivity contribution < 1.29 is 4.39 Å². The molecule has 0 bridgehead atoms. The Morgan fingerprint density at radius 2 is 1.87 bits per heavy atom. The van der Waals surface area contributed by atoms with E-state index in [-0.39, 0.29) is 5.02 Å². The highest BCUT2D eigenvalue weighted by atomic mass is 35.5. The second-order valence-corrected chi connectivity index (χ2v) is 9.02. The monoisotopic (exact) mass is 426 g/mol. The van der Waals surface area contributed by atoms with Gasteiger partial charge in [0.1, 0.15) is 18.0 Å². The van der Waals surface area contributed by atoms with E-state index in [1.165, 1.54) is 42.9 Å². The molecular formula is C24H28ClFN4. The maximum atomic E-state index is 13.5. The van der Waals surface area contributed by atoms with Crippen LogP contribution in [0.2, 0.25) is 5.02 Å². The number of aryl methyl sites for hydroxylation is 1. The molecule has 0 aliphatic heterocycles. The molecule has 1 N–H and O–H groups in total. The van der Waals surface area contributed by atoms with E-state index in [2.05, 4.69) is 53.3 Å². The van der Waals surface area contributed by atoms with Gasteiger partial charge >= 0.3 is 0 Å². The number of anilines is 2. The molecule has 1 aliphatic carbocycles. The van der Waals surface area contributed by atoms with Gasteiger partial charge in [0.05, 0.1) is 10.5 Å². The van der Waals surface area contributed by atoms with Crippen LogP contribution in [0.25, 0.3) is 10.9 Å². The lowest BCUT2D eigenvalue weighted by Crippen LogP contribution is -2.32. The fourth-order valence-corrected chi connectivity index (χ4v) is 4.64. The minimum atomic E-state index is -0.434. The van der Waals surface area contributed by atoms with E-state index in [1.807, 2.05) is 0 Å². The maximum Gasteiger partial charge on any atom is 0.141 e. The van der Waals surface area contributed by atoms with Crippen LogP contribution >= 0.6 is 11.6 Å². The first-order valence-corrected chi connectivity index (χ1v) is 10.9. The van der Waals surface area contributed by atoms with Crippen LogP contribution < -0.4 is 5.32 Å². The number of rotatable bonds is 5. The van der Waals surface area contributed by atoms with Gasteiger partial charge in [-0.3, -0.25) is 0 Å². The Morgan fingerprint density at radius 3 is 2.57 bits per heavy atom. The van der Waals surface area contributed by atoms with E-state index in [4.69, 9.17) is 11.6 Å². The van der Waals surface area contributed by atoms with Gasteiger partial charge in [-0.2, -0.15) is 0 Å². The summed E-state index contributed by atoms with van der Waals surface area (Å²) in [5.74, 6) is 0.992. The number of nitrogens with one attached hydrogen (secondary N) is 1. The van der Waals surface area contributed by atoms with E-state index < -0.39 is 5.82 Å². The van der Waals surface area contributed by atoms with E-state index in [9.17, 15) is 4.39 Å². The van der Waals surface area contributed by atoms with Gasteiger partial charge in [-0.05, 0) is 100 Å². The second-order valence-electron chi connectivity index (χ2n) is 8.61. The molecule has 1 saturated carbocycles. The van der Waals surface area contributed by atoms with E-state index in [1.54, 1.807) is 18.5 Å². The summed E-state index contributed by atoms with van der Waals surface area (Å²) in [6.07, 6.45) is 7.71. The molecule has 1 fully saturated rings. The van der Waals surface area contributed by atoms with Crippen LogP contribution in [-0.4, -0.2) is 35.0 Å². The minimum Gasteiger partial charge on any atom is -0.340 e. The van der Waals surface area contributed by atoms with Crippen molar-refractivity contribution in [3.8, 4) is 0 Å². The molecule has 30 heavy (non-hydrogen) atoms. The third-order valence-electron chi connectivity index (χ3n) is 6.33. The first-order chi connectivity index (χ1) is 14.4. The summed E-state index contributed by atoms with van der Waals surface area (Å²) in [5.41, 5.74) is 4.22. The Hall–Kier alpha value is -2.24. The van der Waals surface area contributed by atoms with Crippen LogP contribution in [0.15, 0.2) is 36.7 Å². The summed E-state index contributed by atoms with van der Waals surface area (Å²) < 4.78 is 13.5. The van der Waals surface area contributed by atoms with Gasteiger partial charge in [0.15, 0.2) is 0 Å². The number of hydrogen-bond donors (Lipinski definition) is 1. The van der Waals surface area contributed by atoms with Gasteiger partial charge in [0.25, 0.3) is 0 Å². The van der Waals surface area contributed by atoms with Crippen molar-refractivity contribution in [2.75, 3.05) is 19.4 Å². The third kappa shape index (κ3) is 4.57. The lowest BCUT2D eigenvalue weighted by molar-refractivity contribution is 0.193. The lowest BCUT2D eigenvalue weighted by Gasteiger charge is -2.33. The molecule has 0 amide bonds. The largest absolute Gasteiger partial charge is 0.340 e. The first-order valence-electron chi connectivity index (χ1n) is 10.5. The molecule has 4 nitrogen and oxygen atoms in total. The summed E-state index contributed by atoms with van der Waals surface area (Å²) in [5, 5.41) is 4.33. The van der Waals surface area contributed by atoms with Crippen molar-refractivity contribution in [1.29, 1.82) is 0 Å². The molecule has 0 atom stereocenters. The number of nitrogens with zero attached hydrogens (tertiary/aromatic N) is 3. The summed E-state index contributed by atoms with van der Waals surface area (Å²) in [4.78, 5) is 11.2. The van der Waals surface area contributed by atoms with Crippen molar-refractivity contribution in [3.05, 3.63) is 58.6 Å². The predicted octanol–water partition coefficient (Wildman–Crippen LogP) is 6.14. The van der Waals surface area contributed by atoms with Gasteiger partial charge in [0.2, 0.25) is 0 Å². The number of hydrogen-bond acceptors (Lipinski definition) is 4. The summed E-state index contributed by atoms with van der Waals surface area (Å²) in [7, 11) is 4.36. The van der Waals surface area contributed by atoms with Gasteiger partial charge < -0.3 is 10.2 Å². The van der Waals surface area contributed by atoms with Crippen LogP contribution in [0.5, 0.6) is 0 Å². The molecule has 1 aliphatic rings. The molecule has 0 spiro atoms. The van der Waals surface area contributed by atoms with Crippen LogP contribution in [-0.2, 0) is 6.42 Å². The standard InChI is InChI=1S/C24H28ClFN4/c1-15-10-23-20(12-17(15)11-16-4-7-19(8-5-16)30(2)3)24(28-14-27-23)29-18-6-9-22(26)21(25)13-18/h6,9-10,12-14,16,19H,4-5,7-8,11H2,1-3H3,(H,27,28,29). The molecule has 1 heterocycles. The zero-order valence-corrected chi connectivity index (χ0v) is 18.5. The molecule has 3 aromatic rings. The fraction of sp³-hybridized carbons (Fsp3) is 0.417. The zero-order chi connectivity index (χ0) is 21.3. The highest BCUT2D eigenvalue weighted by Crippen LogP contribution is 2.32. The number of fused-ring (bicyclic) bond motifs is 1. The molecule has 0 unspecified atom stereocenters. The van der Waals surface area contributed by atoms with E-state index in [0.717, 1.165) is 17.3 Å². The zero-order valence-electron chi connectivity index (χ0n) is 17.8. The van der Waals surface area contributed by atoms with Crippen molar-refractivity contribution in [2.45, 2.75) is 45.1 Å². The Labute approximate surface area is 182 Å². The summed E-state index contributed by atoms with van der Waals surface area (Å²) in [6.45, 7) is 2.16.